The van der Waals surface area contributed by atoms with Gasteiger partial charge in [-0.25, -0.2) is 8.42 Å². The van der Waals surface area contributed by atoms with Gasteiger partial charge in [-0.15, -0.1) is 0 Å². The van der Waals surface area contributed by atoms with Gasteiger partial charge >= 0.3 is 0 Å². The first-order valence-electron chi connectivity index (χ1n) is 9.15. The molecule has 0 spiro atoms. The number of pyridine rings is 1. The van der Waals surface area contributed by atoms with Crippen LogP contribution in [-0.4, -0.2) is 43.2 Å². The van der Waals surface area contributed by atoms with E-state index >= 15 is 0 Å². The first-order chi connectivity index (χ1) is 14.1. The Labute approximate surface area is 175 Å². The number of hydrogen-bond acceptors (Lipinski definition) is 6. The van der Waals surface area contributed by atoms with Crippen LogP contribution >= 0.6 is 0 Å². The Morgan fingerprint density at radius 1 is 1.23 bits per heavy atom. The first-order valence-corrected chi connectivity index (χ1v) is 10.6. The van der Waals surface area contributed by atoms with Crippen molar-refractivity contribution in [1.82, 2.24) is 15.2 Å². The van der Waals surface area contributed by atoms with Gasteiger partial charge in [-0.2, -0.15) is 5.26 Å². The van der Waals surface area contributed by atoms with Crippen LogP contribution in [0.1, 0.15) is 30.6 Å². The van der Waals surface area contributed by atoms with E-state index < -0.39 is 27.9 Å². The zero-order chi connectivity index (χ0) is 22.3. The van der Waals surface area contributed by atoms with E-state index in [1.165, 1.54) is 55.8 Å². The van der Waals surface area contributed by atoms with Gasteiger partial charge in [-0.05, 0) is 42.7 Å². The molecule has 30 heavy (non-hydrogen) atoms. The molecule has 0 bridgehead atoms. The van der Waals surface area contributed by atoms with E-state index in [9.17, 15) is 18.0 Å². The quantitative estimate of drug-likeness (QED) is 0.487. The SMILES string of the molecule is CC(C)CC(NC(=O)c1cccc(NS(=O)(=O)c2cccnc2)c1)C(=O)N(C)C#N. The van der Waals surface area contributed by atoms with Gasteiger partial charge in [-0.3, -0.25) is 24.2 Å². The van der Waals surface area contributed by atoms with Crippen molar-refractivity contribution in [3.63, 3.8) is 0 Å². The second-order valence-corrected chi connectivity index (χ2v) is 8.71. The maximum absolute atomic E-state index is 12.7. The van der Waals surface area contributed by atoms with Gasteiger partial charge in [0.15, 0.2) is 6.19 Å². The number of rotatable bonds is 8. The number of aromatic nitrogens is 1. The number of anilines is 1. The van der Waals surface area contributed by atoms with Gasteiger partial charge < -0.3 is 5.32 Å². The molecule has 0 radical (unpaired) electrons. The molecule has 1 aromatic heterocycles. The fourth-order valence-electron chi connectivity index (χ4n) is 2.66. The van der Waals surface area contributed by atoms with Gasteiger partial charge in [0.05, 0.1) is 0 Å². The predicted molar refractivity (Wildman–Crippen MR) is 111 cm³/mol. The molecule has 9 nitrogen and oxygen atoms in total. The number of sulfonamides is 1. The summed E-state index contributed by atoms with van der Waals surface area (Å²) < 4.78 is 27.3. The van der Waals surface area contributed by atoms with Crippen LogP contribution in [0.2, 0.25) is 0 Å². The molecule has 1 atom stereocenters. The molecule has 2 aromatic rings. The van der Waals surface area contributed by atoms with Crippen LogP contribution in [0, 0.1) is 17.4 Å². The summed E-state index contributed by atoms with van der Waals surface area (Å²) >= 11 is 0. The Morgan fingerprint density at radius 3 is 2.57 bits per heavy atom. The Bertz CT molecular complexity index is 1050. The summed E-state index contributed by atoms with van der Waals surface area (Å²) in [6.07, 6.45) is 4.76. The van der Waals surface area contributed by atoms with E-state index in [1.54, 1.807) is 6.19 Å². The highest BCUT2D eigenvalue weighted by atomic mass is 32.2. The number of carbonyl (C=O) groups excluding carboxylic acids is 2. The maximum atomic E-state index is 12.7. The fraction of sp³-hybridized carbons (Fsp3) is 0.300. The van der Waals surface area contributed by atoms with Crippen molar-refractivity contribution in [1.29, 1.82) is 5.26 Å². The summed E-state index contributed by atoms with van der Waals surface area (Å²) in [7, 11) is -2.53. The standard InChI is InChI=1S/C20H23N5O4S/c1-14(2)10-18(20(27)25(3)13-21)23-19(26)15-6-4-7-16(11-15)24-30(28,29)17-8-5-9-22-12-17/h4-9,11-12,14,18,24H,10H2,1-3H3,(H,23,26). The van der Waals surface area contributed by atoms with Crippen molar-refractivity contribution >= 4 is 27.5 Å². The van der Waals surface area contributed by atoms with E-state index in [0.717, 1.165) is 4.90 Å². The Balaban J connectivity index is 2.20. The molecule has 1 aromatic carbocycles. The highest BCUT2D eigenvalue weighted by Gasteiger charge is 2.25. The molecule has 0 saturated heterocycles. The van der Waals surface area contributed by atoms with Crippen molar-refractivity contribution in [2.75, 3.05) is 11.8 Å². The van der Waals surface area contributed by atoms with Crippen LogP contribution in [0.3, 0.4) is 0 Å². The number of benzene rings is 1. The lowest BCUT2D eigenvalue weighted by Crippen LogP contribution is -2.46. The molecule has 0 saturated carbocycles. The number of likely N-dealkylation sites (N-methyl/N-ethyl adjacent to an activating group) is 1. The summed E-state index contributed by atoms with van der Waals surface area (Å²) in [5.74, 6) is -0.972. The van der Waals surface area contributed by atoms with Gasteiger partial charge in [-0.1, -0.05) is 19.9 Å². The number of hydrogen-bond donors (Lipinski definition) is 2. The van der Waals surface area contributed by atoms with Gasteiger partial charge in [0.25, 0.3) is 21.8 Å². The molecule has 1 unspecified atom stereocenters. The number of nitriles is 1. The predicted octanol–water partition coefficient (Wildman–Crippen LogP) is 1.97. The number of carbonyl (C=O) groups is 2. The van der Waals surface area contributed by atoms with Crippen LogP contribution in [0.25, 0.3) is 0 Å². The molecular formula is C20H23N5O4S. The summed E-state index contributed by atoms with van der Waals surface area (Å²) in [5, 5.41) is 11.6. The van der Waals surface area contributed by atoms with Crippen LogP contribution in [0.5, 0.6) is 0 Å². The van der Waals surface area contributed by atoms with E-state index in [2.05, 4.69) is 15.0 Å². The van der Waals surface area contributed by atoms with E-state index in [-0.39, 0.29) is 22.1 Å². The number of amides is 2. The smallest absolute Gasteiger partial charge is 0.263 e. The van der Waals surface area contributed by atoms with Gasteiger partial charge in [0, 0.05) is 30.7 Å². The molecule has 10 heteroatoms. The average molecular weight is 430 g/mol. The van der Waals surface area contributed by atoms with Crippen LogP contribution in [0.15, 0.2) is 53.7 Å². The van der Waals surface area contributed by atoms with E-state index in [0.29, 0.717) is 6.42 Å². The molecular weight excluding hydrogens is 406 g/mol. The zero-order valence-corrected chi connectivity index (χ0v) is 17.7. The molecule has 0 aliphatic rings. The van der Waals surface area contributed by atoms with Crippen LogP contribution in [-0.2, 0) is 14.8 Å². The maximum Gasteiger partial charge on any atom is 0.263 e. The summed E-state index contributed by atoms with van der Waals surface area (Å²) in [6.45, 7) is 3.79. The lowest BCUT2D eigenvalue weighted by atomic mass is 10.0. The molecule has 0 aliphatic heterocycles. The molecule has 2 rings (SSSR count). The first kappa shape index (κ1) is 22.8. The average Bonchev–Trinajstić information content (AvgIpc) is 2.72. The minimum Gasteiger partial charge on any atom is -0.340 e. The minimum atomic E-state index is -3.86. The minimum absolute atomic E-state index is 0.0120. The van der Waals surface area contributed by atoms with E-state index in [1.807, 2.05) is 13.8 Å². The zero-order valence-electron chi connectivity index (χ0n) is 16.9. The fourth-order valence-corrected chi connectivity index (χ4v) is 3.67. The molecule has 2 N–H and O–H groups in total. The molecule has 0 aliphatic carbocycles. The highest BCUT2D eigenvalue weighted by Crippen LogP contribution is 2.17. The third-order valence-electron chi connectivity index (χ3n) is 4.11. The van der Waals surface area contributed by atoms with Crippen LogP contribution < -0.4 is 10.0 Å². The third-order valence-corrected chi connectivity index (χ3v) is 5.48. The molecule has 1 heterocycles. The highest BCUT2D eigenvalue weighted by molar-refractivity contribution is 7.92. The summed E-state index contributed by atoms with van der Waals surface area (Å²) in [5.41, 5.74) is 0.356. The third kappa shape index (κ3) is 6.02. The largest absolute Gasteiger partial charge is 0.340 e. The van der Waals surface area contributed by atoms with Crippen molar-refractivity contribution in [3.05, 3.63) is 54.4 Å². The lowest BCUT2D eigenvalue weighted by Gasteiger charge is -2.21. The van der Waals surface area contributed by atoms with Crippen molar-refractivity contribution in [3.8, 4) is 6.19 Å². The van der Waals surface area contributed by atoms with Crippen LogP contribution in [0.4, 0.5) is 5.69 Å². The van der Waals surface area contributed by atoms with E-state index in [4.69, 9.17) is 5.26 Å². The molecule has 158 valence electrons. The number of nitrogens with zero attached hydrogens (tertiary/aromatic N) is 3. The summed E-state index contributed by atoms with van der Waals surface area (Å²) in [6, 6.07) is 7.93. The summed E-state index contributed by atoms with van der Waals surface area (Å²) in [4.78, 5) is 29.7. The normalized spacial score (nSPS) is 12.0. The second kappa shape index (κ2) is 9.84. The van der Waals surface area contributed by atoms with Crippen molar-refractivity contribution < 1.29 is 18.0 Å². The topological polar surface area (TPSA) is 132 Å². The molecule has 0 fully saturated rings. The van der Waals surface area contributed by atoms with Gasteiger partial charge in [0.2, 0.25) is 0 Å². The Morgan fingerprint density at radius 2 is 1.97 bits per heavy atom. The van der Waals surface area contributed by atoms with Crippen molar-refractivity contribution in [2.24, 2.45) is 5.92 Å². The van der Waals surface area contributed by atoms with Gasteiger partial charge in [0.1, 0.15) is 10.9 Å². The number of nitrogens with one attached hydrogen (secondary N) is 2. The lowest BCUT2D eigenvalue weighted by molar-refractivity contribution is -0.129. The molecule has 2 amide bonds. The second-order valence-electron chi connectivity index (χ2n) is 7.03. The van der Waals surface area contributed by atoms with Crippen molar-refractivity contribution in [2.45, 2.75) is 31.2 Å². The monoisotopic (exact) mass is 429 g/mol. The Kier molecular flexibility index (Phi) is 7.49. The Hall–Kier alpha value is -3.45.